The van der Waals surface area contributed by atoms with Gasteiger partial charge in [0.05, 0.1) is 10.0 Å². The van der Waals surface area contributed by atoms with Crippen LogP contribution >= 0.6 is 23.2 Å². The average molecular weight is 261 g/mol. The van der Waals surface area contributed by atoms with Gasteiger partial charge in [0.25, 0.3) is 0 Å². The molecule has 0 spiro atoms. The summed E-state index contributed by atoms with van der Waals surface area (Å²) < 4.78 is 0. The van der Waals surface area contributed by atoms with Gasteiger partial charge in [-0.3, -0.25) is 0 Å². The minimum absolute atomic E-state index is 0.612. The predicted molar refractivity (Wildman–Crippen MR) is 71.3 cm³/mol. The van der Waals surface area contributed by atoms with Crippen molar-refractivity contribution in [1.82, 2.24) is 10.2 Å². The van der Waals surface area contributed by atoms with E-state index in [0.29, 0.717) is 10.0 Å². The number of benzene rings is 1. The molecule has 0 fully saturated rings. The Morgan fingerprint density at radius 1 is 1.25 bits per heavy atom. The van der Waals surface area contributed by atoms with Crippen LogP contribution in [0.4, 0.5) is 0 Å². The van der Waals surface area contributed by atoms with Crippen LogP contribution < -0.4 is 5.32 Å². The van der Waals surface area contributed by atoms with Gasteiger partial charge in [0.2, 0.25) is 0 Å². The molecule has 2 nitrogen and oxygen atoms in total. The number of nitrogens with zero attached hydrogens (tertiary/aromatic N) is 1. The maximum Gasteiger partial charge on any atom is 0.0595 e. The minimum Gasteiger partial charge on any atom is -0.316 e. The molecule has 4 heteroatoms. The van der Waals surface area contributed by atoms with Crippen LogP contribution in [0.25, 0.3) is 0 Å². The van der Waals surface area contributed by atoms with Gasteiger partial charge in [-0.15, -0.1) is 0 Å². The molecule has 16 heavy (non-hydrogen) atoms. The van der Waals surface area contributed by atoms with Crippen LogP contribution in [-0.4, -0.2) is 31.6 Å². The molecule has 0 aliphatic carbocycles. The van der Waals surface area contributed by atoms with E-state index in [1.54, 1.807) is 0 Å². The third-order valence-electron chi connectivity index (χ3n) is 2.36. The van der Waals surface area contributed by atoms with Crippen LogP contribution in [0.3, 0.4) is 0 Å². The lowest BCUT2D eigenvalue weighted by molar-refractivity contribution is 0.325. The quantitative estimate of drug-likeness (QED) is 0.792. The van der Waals surface area contributed by atoms with E-state index in [-0.39, 0.29) is 0 Å². The molecule has 0 aromatic heterocycles. The third kappa shape index (κ3) is 4.71. The summed E-state index contributed by atoms with van der Waals surface area (Å²) >= 11 is 11.8. The first-order chi connectivity index (χ1) is 7.63. The van der Waals surface area contributed by atoms with Gasteiger partial charge in [-0.1, -0.05) is 36.2 Å². The van der Waals surface area contributed by atoms with Crippen LogP contribution in [0.5, 0.6) is 0 Å². The Bertz CT molecular complexity index is 329. The van der Waals surface area contributed by atoms with Crippen molar-refractivity contribution in [3.05, 3.63) is 33.8 Å². The zero-order chi connectivity index (χ0) is 12.0. The van der Waals surface area contributed by atoms with Gasteiger partial charge in [-0.05, 0) is 31.3 Å². The monoisotopic (exact) mass is 260 g/mol. The normalized spacial score (nSPS) is 11.1. The van der Waals surface area contributed by atoms with Gasteiger partial charge in [0.15, 0.2) is 0 Å². The number of likely N-dealkylation sites (N-methyl/N-ethyl adjacent to an activating group) is 2. The maximum absolute atomic E-state index is 5.96. The Morgan fingerprint density at radius 3 is 2.62 bits per heavy atom. The molecule has 0 saturated heterocycles. The molecule has 0 aliphatic rings. The van der Waals surface area contributed by atoms with Gasteiger partial charge in [-0.25, -0.2) is 0 Å². The van der Waals surface area contributed by atoms with Crippen molar-refractivity contribution in [3.63, 3.8) is 0 Å². The van der Waals surface area contributed by atoms with E-state index in [2.05, 4.69) is 24.2 Å². The van der Waals surface area contributed by atoms with Crippen molar-refractivity contribution in [2.75, 3.05) is 26.7 Å². The lowest BCUT2D eigenvalue weighted by Crippen LogP contribution is -2.28. The van der Waals surface area contributed by atoms with Crippen molar-refractivity contribution in [2.24, 2.45) is 0 Å². The topological polar surface area (TPSA) is 15.3 Å². The molecule has 0 atom stereocenters. The lowest BCUT2D eigenvalue weighted by atomic mass is 10.2. The Morgan fingerprint density at radius 2 is 2.00 bits per heavy atom. The first kappa shape index (κ1) is 13.8. The fraction of sp³-hybridized carbons (Fsp3) is 0.500. The van der Waals surface area contributed by atoms with Crippen LogP contribution in [0.2, 0.25) is 10.0 Å². The minimum atomic E-state index is 0.612. The number of hydrogen-bond donors (Lipinski definition) is 1. The Labute approximate surface area is 108 Å². The standard InChI is InChI=1S/C12H18Cl2N2/c1-3-15-6-7-16(2)9-10-4-5-11(13)12(14)8-10/h4-5,8,15H,3,6-7,9H2,1-2H3. The van der Waals surface area contributed by atoms with Gasteiger partial charge in [-0.2, -0.15) is 0 Å². The third-order valence-corrected chi connectivity index (χ3v) is 3.10. The second kappa shape index (κ2) is 7.13. The summed E-state index contributed by atoms with van der Waals surface area (Å²) in [5, 5.41) is 4.53. The molecule has 0 unspecified atom stereocenters. The molecule has 0 saturated carbocycles. The highest BCUT2D eigenvalue weighted by Gasteiger charge is 2.02. The van der Waals surface area contributed by atoms with Crippen LogP contribution in [0.15, 0.2) is 18.2 Å². The summed E-state index contributed by atoms with van der Waals surface area (Å²) in [7, 11) is 2.10. The molecule has 1 rings (SSSR count). The van der Waals surface area contributed by atoms with Crippen LogP contribution in [0, 0.1) is 0 Å². The Balaban J connectivity index is 2.43. The van der Waals surface area contributed by atoms with E-state index >= 15 is 0 Å². The molecule has 0 amide bonds. The van der Waals surface area contributed by atoms with E-state index < -0.39 is 0 Å². The molecule has 1 aromatic rings. The second-order valence-corrected chi connectivity index (χ2v) is 4.65. The lowest BCUT2D eigenvalue weighted by Gasteiger charge is -2.17. The van der Waals surface area contributed by atoms with Crippen molar-refractivity contribution < 1.29 is 0 Å². The highest BCUT2D eigenvalue weighted by atomic mass is 35.5. The van der Waals surface area contributed by atoms with E-state index in [0.717, 1.165) is 26.2 Å². The van der Waals surface area contributed by atoms with Gasteiger partial charge in [0, 0.05) is 19.6 Å². The molecule has 0 bridgehead atoms. The molecule has 0 aliphatic heterocycles. The average Bonchev–Trinajstić information content (AvgIpc) is 2.24. The first-order valence-electron chi connectivity index (χ1n) is 5.46. The summed E-state index contributed by atoms with van der Waals surface area (Å²) in [6, 6.07) is 5.78. The largest absolute Gasteiger partial charge is 0.316 e. The summed E-state index contributed by atoms with van der Waals surface area (Å²) in [6.07, 6.45) is 0. The molecular weight excluding hydrogens is 243 g/mol. The molecule has 1 aromatic carbocycles. The van der Waals surface area contributed by atoms with Crippen molar-refractivity contribution in [3.8, 4) is 0 Å². The highest BCUT2D eigenvalue weighted by Crippen LogP contribution is 2.22. The molecule has 0 heterocycles. The SMILES string of the molecule is CCNCCN(C)Cc1ccc(Cl)c(Cl)c1. The summed E-state index contributed by atoms with van der Waals surface area (Å²) in [4.78, 5) is 2.25. The molecule has 1 N–H and O–H groups in total. The zero-order valence-corrected chi connectivity index (χ0v) is 11.3. The summed E-state index contributed by atoms with van der Waals surface area (Å²) in [6.45, 7) is 6.05. The van der Waals surface area contributed by atoms with E-state index in [1.165, 1.54) is 5.56 Å². The zero-order valence-electron chi connectivity index (χ0n) is 9.76. The summed E-state index contributed by atoms with van der Waals surface area (Å²) in [5.41, 5.74) is 1.19. The van der Waals surface area contributed by atoms with Crippen molar-refractivity contribution in [2.45, 2.75) is 13.5 Å². The van der Waals surface area contributed by atoms with Crippen molar-refractivity contribution >= 4 is 23.2 Å². The van der Waals surface area contributed by atoms with E-state index in [4.69, 9.17) is 23.2 Å². The Kier molecular flexibility index (Phi) is 6.14. The van der Waals surface area contributed by atoms with Crippen molar-refractivity contribution in [1.29, 1.82) is 0 Å². The van der Waals surface area contributed by atoms with E-state index in [9.17, 15) is 0 Å². The number of nitrogens with one attached hydrogen (secondary N) is 1. The van der Waals surface area contributed by atoms with E-state index in [1.807, 2.05) is 18.2 Å². The molecular formula is C12H18Cl2N2. The van der Waals surface area contributed by atoms with Gasteiger partial charge < -0.3 is 10.2 Å². The predicted octanol–water partition coefficient (Wildman–Crippen LogP) is 3.03. The maximum atomic E-state index is 5.96. The van der Waals surface area contributed by atoms with Crippen LogP contribution in [-0.2, 0) is 6.54 Å². The van der Waals surface area contributed by atoms with Crippen LogP contribution in [0.1, 0.15) is 12.5 Å². The number of halogens is 2. The second-order valence-electron chi connectivity index (χ2n) is 3.84. The Hall–Kier alpha value is -0.280. The number of rotatable bonds is 6. The first-order valence-corrected chi connectivity index (χ1v) is 6.22. The fourth-order valence-corrected chi connectivity index (χ4v) is 1.80. The van der Waals surface area contributed by atoms with Gasteiger partial charge in [0.1, 0.15) is 0 Å². The summed E-state index contributed by atoms with van der Waals surface area (Å²) in [5.74, 6) is 0. The highest BCUT2D eigenvalue weighted by molar-refractivity contribution is 6.42. The molecule has 0 radical (unpaired) electrons. The smallest absolute Gasteiger partial charge is 0.0595 e. The van der Waals surface area contributed by atoms with Gasteiger partial charge >= 0.3 is 0 Å². The molecule has 90 valence electrons. The fourth-order valence-electron chi connectivity index (χ4n) is 1.48. The number of hydrogen-bond acceptors (Lipinski definition) is 2.